The molecule has 1 heterocycles. The molecule has 2 unspecified atom stereocenters. The second kappa shape index (κ2) is 6.52. The van der Waals surface area contributed by atoms with E-state index < -0.39 is 0 Å². The first kappa shape index (κ1) is 14.5. The highest BCUT2D eigenvalue weighted by Gasteiger charge is 2.38. The first-order chi connectivity index (χ1) is 9.67. The minimum atomic E-state index is -0.373. The summed E-state index contributed by atoms with van der Waals surface area (Å²) in [6.07, 6.45) is 1.54. The van der Waals surface area contributed by atoms with Crippen LogP contribution in [0.5, 0.6) is 0 Å². The van der Waals surface area contributed by atoms with Crippen LogP contribution in [0.4, 0.5) is 4.79 Å². The van der Waals surface area contributed by atoms with Crippen LogP contribution in [0.3, 0.4) is 0 Å². The van der Waals surface area contributed by atoms with E-state index in [1.165, 1.54) is 4.90 Å². The van der Waals surface area contributed by atoms with Crippen LogP contribution in [0.2, 0.25) is 0 Å². The van der Waals surface area contributed by atoms with Gasteiger partial charge in [-0.2, -0.15) is 0 Å². The molecule has 1 aromatic carbocycles. The van der Waals surface area contributed by atoms with Crippen LogP contribution in [0.25, 0.3) is 0 Å². The Morgan fingerprint density at radius 1 is 1.30 bits per heavy atom. The summed E-state index contributed by atoms with van der Waals surface area (Å²) < 4.78 is 0. The summed E-state index contributed by atoms with van der Waals surface area (Å²) in [7, 11) is 0. The zero-order valence-corrected chi connectivity index (χ0v) is 11.7. The van der Waals surface area contributed by atoms with Crippen molar-refractivity contribution in [3.63, 3.8) is 0 Å². The molecule has 3 amide bonds. The lowest BCUT2D eigenvalue weighted by Gasteiger charge is -2.21. The van der Waals surface area contributed by atoms with Crippen LogP contribution in [0.15, 0.2) is 30.3 Å². The van der Waals surface area contributed by atoms with Gasteiger partial charge in [-0.15, -0.1) is 0 Å². The monoisotopic (exact) mass is 275 g/mol. The number of benzene rings is 1. The Kier molecular flexibility index (Phi) is 4.74. The Labute approximate surface area is 119 Å². The Hall–Kier alpha value is -1.88. The number of nitrogens with two attached hydrogens (primary N) is 1. The average Bonchev–Trinajstić information content (AvgIpc) is 2.73. The largest absolute Gasteiger partial charge is 0.330 e. The van der Waals surface area contributed by atoms with Gasteiger partial charge in [0.2, 0.25) is 0 Å². The maximum atomic E-state index is 12.2. The maximum Gasteiger partial charge on any atom is 0.324 e. The highest BCUT2D eigenvalue weighted by molar-refractivity contribution is 6.04. The summed E-state index contributed by atoms with van der Waals surface area (Å²) in [6, 6.07) is 9.07. The number of carbonyl (C=O) groups excluding carboxylic acids is 2. The van der Waals surface area contributed by atoms with Crippen molar-refractivity contribution in [2.24, 2.45) is 5.73 Å². The van der Waals surface area contributed by atoms with Crippen molar-refractivity contribution < 1.29 is 9.59 Å². The SMILES string of the molecule is CCCC1NC(=O)N(CC(CN)c2ccccc2)C1=O. The molecule has 1 fully saturated rings. The fourth-order valence-corrected chi connectivity index (χ4v) is 2.50. The summed E-state index contributed by atoms with van der Waals surface area (Å²) in [5.41, 5.74) is 6.85. The van der Waals surface area contributed by atoms with Gasteiger partial charge in [-0.3, -0.25) is 9.69 Å². The lowest BCUT2D eigenvalue weighted by molar-refractivity contribution is -0.127. The van der Waals surface area contributed by atoms with Gasteiger partial charge in [-0.25, -0.2) is 4.79 Å². The lowest BCUT2D eigenvalue weighted by atomic mass is 9.98. The van der Waals surface area contributed by atoms with E-state index >= 15 is 0 Å². The lowest BCUT2D eigenvalue weighted by Crippen LogP contribution is -2.37. The Balaban J connectivity index is 2.08. The number of hydrogen-bond donors (Lipinski definition) is 2. The summed E-state index contributed by atoms with van der Waals surface area (Å²) in [4.78, 5) is 25.4. The van der Waals surface area contributed by atoms with E-state index in [1.807, 2.05) is 37.3 Å². The molecule has 0 radical (unpaired) electrons. The highest BCUT2D eigenvalue weighted by Crippen LogP contribution is 2.19. The van der Waals surface area contributed by atoms with Crippen molar-refractivity contribution >= 4 is 11.9 Å². The first-order valence-corrected chi connectivity index (χ1v) is 7.04. The van der Waals surface area contributed by atoms with Gasteiger partial charge in [0.15, 0.2) is 0 Å². The number of rotatable bonds is 6. The van der Waals surface area contributed by atoms with Crippen molar-refractivity contribution in [2.45, 2.75) is 31.7 Å². The fourth-order valence-electron chi connectivity index (χ4n) is 2.50. The van der Waals surface area contributed by atoms with Gasteiger partial charge in [0, 0.05) is 19.0 Å². The zero-order chi connectivity index (χ0) is 14.5. The third kappa shape index (κ3) is 2.99. The Morgan fingerprint density at radius 3 is 2.60 bits per heavy atom. The standard InChI is InChI=1S/C15H21N3O2/c1-2-6-13-14(19)18(15(20)17-13)10-12(9-16)11-7-4-3-5-8-11/h3-5,7-8,12-13H,2,6,9-10,16H2,1H3,(H,17,20). The van der Waals surface area contributed by atoms with Crippen LogP contribution >= 0.6 is 0 Å². The Bertz CT molecular complexity index is 475. The zero-order valence-electron chi connectivity index (χ0n) is 11.7. The molecule has 0 bridgehead atoms. The predicted molar refractivity (Wildman–Crippen MR) is 77.2 cm³/mol. The number of amides is 3. The first-order valence-electron chi connectivity index (χ1n) is 7.04. The number of urea groups is 1. The predicted octanol–water partition coefficient (Wildman–Crippen LogP) is 1.45. The van der Waals surface area contributed by atoms with E-state index in [2.05, 4.69) is 5.32 Å². The molecule has 0 aromatic heterocycles. The van der Waals surface area contributed by atoms with Gasteiger partial charge >= 0.3 is 6.03 Å². The van der Waals surface area contributed by atoms with Crippen molar-refractivity contribution in [1.82, 2.24) is 10.2 Å². The molecule has 2 rings (SSSR count). The molecule has 1 aliphatic rings. The van der Waals surface area contributed by atoms with E-state index in [0.717, 1.165) is 12.0 Å². The van der Waals surface area contributed by atoms with Gasteiger partial charge in [0.05, 0.1) is 0 Å². The number of hydrogen-bond acceptors (Lipinski definition) is 3. The molecular weight excluding hydrogens is 254 g/mol. The van der Waals surface area contributed by atoms with Crippen molar-refractivity contribution in [3.05, 3.63) is 35.9 Å². The fraction of sp³-hybridized carbons (Fsp3) is 0.467. The molecule has 2 atom stereocenters. The van der Waals surface area contributed by atoms with Gasteiger partial charge in [0.1, 0.15) is 6.04 Å². The van der Waals surface area contributed by atoms with Crippen molar-refractivity contribution in [1.29, 1.82) is 0 Å². The van der Waals surface area contributed by atoms with Crippen LogP contribution in [0, 0.1) is 0 Å². The number of nitrogens with zero attached hydrogens (tertiary/aromatic N) is 1. The normalized spacial score (nSPS) is 20.1. The minimum absolute atomic E-state index is 0.0220. The van der Waals surface area contributed by atoms with E-state index in [-0.39, 0.29) is 23.9 Å². The van der Waals surface area contributed by atoms with Crippen LogP contribution in [-0.4, -0.2) is 36.0 Å². The van der Waals surface area contributed by atoms with Crippen molar-refractivity contribution in [2.75, 3.05) is 13.1 Å². The van der Waals surface area contributed by atoms with E-state index in [1.54, 1.807) is 0 Å². The molecule has 1 saturated heterocycles. The highest BCUT2D eigenvalue weighted by atomic mass is 16.2. The molecule has 5 heteroatoms. The molecule has 0 aliphatic carbocycles. The van der Waals surface area contributed by atoms with E-state index in [9.17, 15) is 9.59 Å². The summed E-state index contributed by atoms with van der Waals surface area (Å²) in [5.74, 6) is -0.155. The van der Waals surface area contributed by atoms with Gasteiger partial charge in [-0.05, 0) is 12.0 Å². The molecule has 1 aromatic rings. The second-order valence-electron chi connectivity index (χ2n) is 5.08. The number of imide groups is 1. The second-order valence-corrected chi connectivity index (χ2v) is 5.08. The van der Waals surface area contributed by atoms with E-state index in [0.29, 0.717) is 19.5 Å². The molecule has 108 valence electrons. The number of nitrogens with one attached hydrogen (secondary N) is 1. The van der Waals surface area contributed by atoms with Crippen LogP contribution in [0.1, 0.15) is 31.2 Å². The molecular formula is C15H21N3O2. The van der Waals surface area contributed by atoms with Crippen LogP contribution < -0.4 is 11.1 Å². The topological polar surface area (TPSA) is 75.4 Å². The molecule has 0 saturated carbocycles. The quantitative estimate of drug-likeness (QED) is 0.772. The molecule has 0 spiro atoms. The minimum Gasteiger partial charge on any atom is -0.330 e. The summed E-state index contributed by atoms with van der Waals surface area (Å²) in [5, 5.41) is 2.73. The number of carbonyl (C=O) groups is 2. The maximum absolute atomic E-state index is 12.2. The van der Waals surface area contributed by atoms with Crippen molar-refractivity contribution in [3.8, 4) is 0 Å². The van der Waals surface area contributed by atoms with Gasteiger partial charge < -0.3 is 11.1 Å². The third-order valence-electron chi connectivity index (χ3n) is 3.64. The average molecular weight is 275 g/mol. The van der Waals surface area contributed by atoms with E-state index in [4.69, 9.17) is 5.73 Å². The smallest absolute Gasteiger partial charge is 0.324 e. The summed E-state index contributed by atoms with van der Waals surface area (Å²) >= 11 is 0. The molecule has 3 N–H and O–H groups in total. The van der Waals surface area contributed by atoms with Crippen LogP contribution in [-0.2, 0) is 4.79 Å². The third-order valence-corrected chi connectivity index (χ3v) is 3.64. The summed E-state index contributed by atoms with van der Waals surface area (Å²) in [6.45, 7) is 2.74. The van der Waals surface area contributed by atoms with Gasteiger partial charge in [0.25, 0.3) is 5.91 Å². The molecule has 5 nitrogen and oxygen atoms in total. The Morgan fingerprint density at radius 2 is 2.00 bits per heavy atom. The molecule has 20 heavy (non-hydrogen) atoms. The van der Waals surface area contributed by atoms with Gasteiger partial charge in [-0.1, -0.05) is 43.7 Å². The molecule has 1 aliphatic heterocycles.